The third-order valence-corrected chi connectivity index (χ3v) is 4.94. The molecule has 0 aromatic heterocycles. The first-order valence-electron chi connectivity index (χ1n) is 11.0. The Morgan fingerprint density at radius 1 is 0.724 bits per heavy atom. The van der Waals surface area contributed by atoms with E-state index in [9.17, 15) is 9.59 Å². The average molecular weight is 428 g/mol. The maximum Gasteiger partial charge on any atom is 0.306 e. The van der Waals surface area contributed by atoms with Gasteiger partial charge in [0.15, 0.2) is 12.4 Å². The number of halogens is 1. The SMILES string of the molecule is CCCCCCCCCCCCCCCC(=O)OCC(=O)c1ccccc1.Cl.N. The molecule has 1 aromatic rings. The second-order valence-electron chi connectivity index (χ2n) is 7.44. The number of Topliss-reactive ketones (excluding diaryl/α,β-unsaturated/α-hetero) is 1. The Morgan fingerprint density at radius 2 is 1.17 bits per heavy atom. The van der Waals surface area contributed by atoms with Gasteiger partial charge < -0.3 is 10.9 Å². The lowest BCUT2D eigenvalue weighted by atomic mass is 10.0. The number of ketones is 1. The largest absolute Gasteiger partial charge is 0.457 e. The fourth-order valence-corrected chi connectivity index (χ4v) is 3.21. The standard InChI is InChI=1S/C24H38O3.ClH.H3N/c1-2-3-4-5-6-7-8-9-10-11-12-13-17-20-24(26)27-21-23(25)22-18-15-14-16-19-22;;/h14-16,18-19H,2-13,17,20-21H2,1H3;1H;1H3. The summed E-state index contributed by atoms with van der Waals surface area (Å²) in [5, 5.41) is 0. The molecule has 0 atom stereocenters. The van der Waals surface area contributed by atoms with Gasteiger partial charge in [0.1, 0.15) is 0 Å². The fraction of sp³-hybridized carbons (Fsp3) is 0.667. The molecule has 3 N–H and O–H groups in total. The molecule has 0 aliphatic heterocycles. The van der Waals surface area contributed by atoms with Crippen molar-refractivity contribution >= 4 is 24.2 Å². The Balaban J connectivity index is 0. The lowest BCUT2D eigenvalue weighted by molar-refractivity contribution is -0.142. The molecule has 0 bridgehead atoms. The van der Waals surface area contributed by atoms with Crippen LogP contribution >= 0.6 is 12.4 Å². The summed E-state index contributed by atoms with van der Waals surface area (Å²) in [6.07, 6.45) is 17.1. The number of esters is 1. The Hall–Kier alpha value is -1.39. The minimum atomic E-state index is -0.262. The molecule has 0 aliphatic carbocycles. The van der Waals surface area contributed by atoms with Gasteiger partial charge in [-0.3, -0.25) is 9.59 Å². The number of benzene rings is 1. The summed E-state index contributed by atoms with van der Waals surface area (Å²) < 4.78 is 5.08. The van der Waals surface area contributed by atoms with E-state index in [1.807, 2.05) is 18.2 Å². The molecular formula is C24H42ClNO3. The third kappa shape index (κ3) is 17.2. The van der Waals surface area contributed by atoms with E-state index >= 15 is 0 Å². The third-order valence-electron chi connectivity index (χ3n) is 4.94. The van der Waals surface area contributed by atoms with E-state index in [2.05, 4.69) is 6.92 Å². The molecular weight excluding hydrogens is 386 g/mol. The van der Waals surface area contributed by atoms with Crippen molar-refractivity contribution in [1.82, 2.24) is 6.15 Å². The Morgan fingerprint density at radius 3 is 1.66 bits per heavy atom. The van der Waals surface area contributed by atoms with E-state index < -0.39 is 0 Å². The maximum atomic E-state index is 11.9. The molecule has 0 saturated heterocycles. The van der Waals surface area contributed by atoms with E-state index in [0.29, 0.717) is 12.0 Å². The molecule has 0 heterocycles. The first-order chi connectivity index (χ1) is 13.2. The highest BCUT2D eigenvalue weighted by Crippen LogP contribution is 2.13. The highest BCUT2D eigenvalue weighted by Gasteiger charge is 2.09. The molecule has 168 valence electrons. The van der Waals surface area contributed by atoms with Crippen molar-refractivity contribution in [3.63, 3.8) is 0 Å². The predicted molar refractivity (Wildman–Crippen MR) is 124 cm³/mol. The highest BCUT2D eigenvalue weighted by atomic mass is 35.5. The molecule has 0 spiro atoms. The van der Waals surface area contributed by atoms with Gasteiger partial charge in [-0.05, 0) is 6.42 Å². The van der Waals surface area contributed by atoms with Crippen molar-refractivity contribution in [2.45, 2.75) is 96.8 Å². The van der Waals surface area contributed by atoms with Crippen molar-refractivity contribution in [3.05, 3.63) is 35.9 Å². The smallest absolute Gasteiger partial charge is 0.306 e. The molecule has 0 saturated carbocycles. The van der Waals surface area contributed by atoms with Crippen LogP contribution < -0.4 is 6.15 Å². The lowest BCUT2D eigenvalue weighted by Gasteiger charge is -2.05. The number of carbonyl (C=O) groups excluding carboxylic acids is 2. The van der Waals surface area contributed by atoms with Crippen LogP contribution in [-0.2, 0) is 9.53 Å². The van der Waals surface area contributed by atoms with Gasteiger partial charge in [-0.25, -0.2) is 0 Å². The Kier molecular flexibility index (Phi) is 21.9. The average Bonchev–Trinajstić information content (AvgIpc) is 2.70. The Labute approximate surface area is 184 Å². The zero-order chi connectivity index (χ0) is 19.6. The number of unbranched alkanes of at least 4 members (excludes halogenated alkanes) is 12. The second-order valence-corrected chi connectivity index (χ2v) is 7.44. The number of rotatable bonds is 17. The quantitative estimate of drug-likeness (QED) is 0.159. The molecule has 4 nitrogen and oxygen atoms in total. The zero-order valence-corrected chi connectivity index (χ0v) is 19.1. The number of hydrogen-bond donors (Lipinski definition) is 1. The number of hydrogen-bond acceptors (Lipinski definition) is 4. The van der Waals surface area contributed by atoms with Crippen LogP contribution in [0.1, 0.15) is 107 Å². The maximum absolute atomic E-state index is 11.9. The number of ether oxygens (including phenoxy) is 1. The summed E-state index contributed by atoms with van der Waals surface area (Å²) in [6.45, 7) is 2.11. The minimum Gasteiger partial charge on any atom is -0.457 e. The van der Waals surface area contributed by atoms with Gasteiger partial charge in [0.05, 0.1) is 0 Å². The van der Waals surface area contributed by atoms with Gasteiger partial charge in [-0.2, -0.15) is 0 Å². The van der Waals surface area contributed by atoms with Crippen molar-refractivity contribution in [2.24, 2.45) is 0 Å². The van der Waals surface area contributed by atoms with Crippen LogP contribution in [0.2, 0.25) is 0 Å². The van der Waals surface area contributed by atoms with Gasteiger partial charge in [0.25, 0.3) is 0 Å². The van der Waals surface area contributed by atoms with E-state index in [1.54, 1.807) is 12.1 Å². The lowest BCUT2D eigenvalue weighted by Crippen LogP contribution is -2.13. The van der Waals surface area contributed by atoms with Gasteiger partial charge in [-0.15, -0.1) is 12.4 Å². The molecule has 5 heteroatoms. The predicted octanol–water partition coefficient (Wildman–Crippen LogP) is 7.48. The highest BCUT2D eigenvalue weighted by molar-refractivity contribution is 5.97. The van der Waals surface area contributed by atoms with Crippen LogP contribution in [0.4, 0.5) is 0 Å². The summed E-state index contributed by atoms with van der Waals surface area (Å²) in [5.41, 5.74) is 0.589. The topological polar surface area (TPSA) is 78.4 Å². The van der Waals surface area contributed by atoms with Crippen LogP contribution in [0.3, 0.4) is 0 Å². The van der Waals surface area contributed by atoms with Crippen LogP contribution in [0.5, 0.6) is 0 Å². The molecule has 0 aliphatic rings. The zero-order valence-electron chi connectivity index (χ0n) is 18.3. The molecule has 0 radical (unpaired) electrons. The number of carbonyl (C=O) groups is 2. The van der Waals surface area contributed by atoms with Crippen LogP contribution in [0.25, 0.3) is 0 Å². The monoisotopic (exact) mass is 427 g/mol. The van der Waals surface area contributed by atoms with Gasteiger partial charge in [0.2, 0.25) is 0 Å². The summed E-state index contributed by atoms with van der Waals surface area (Å²) in [4.78, 5) is 23.6. The molecule has 1 aromatic carbocycles. The van der Waals surface area contributed by atoms with Gasteiger partial charge in [0, 0.05) is 12.0 Å². The van der Waals surface area contributed by atoms with E-state index in [1.165, 1.54) is 70.6 Å². The summed E-state index contributed by atoms with van der Waals surface area (Å²) in [6, 6.07) is 8.95. The first-order valence-corrected chi connectivity index (χ1v) is 11.0. The Bertz CT molecular complexity index is 508. The van der Waals surface area contributed by atoms with E-state index in [-0.39, 0.29) is 36.9 Å². The van der Waals surface area contributed by atoms with Crippen molar-refractivity contribution < 1.29 is 14.3 Å². The van der Waals surface area contributed by atoms with Crippen molar-refractivity contribution in [3.8, 4) is 0 Å². The molecule has 1 rings (SSSR count). The second kappa shape index (κ2) is 21.3. The molecule has 0 amide bonds. The van der Waals surface area contributed by atoms with Crippen LogP contribution in [-0.4, -0.2) is 18.4 Å². The summed E-state index contributed by atoms with van der Waals surface area (Å²) >= 11 is 0. The molecule has 0 fully saturated rings. The van der Waals surface area contributed by atoms with Crippen LogP contribution in [0, 0.1) is 0 Å². The minimum absolute atomic E-state index is 0. The summed E-state index contributed by atoms with van der Waals surface area (Å²) in [5.74, 6) is -0.406. The van der Waals surface area contributed by atoms with E-state index in [4.69, 9.17) is 4.74 Å². The van der Waals surface area contributed by atoms with Crippen molar-refractivity contribution in [1.29, 1.82) is 0 Å². The summed E-state index contributed by atoms with van der Waals surface area (Å²) in [7, 11) is 0. The van der Waals surface area contributed by atoms with Crippen LogP contribution in [0.15, 0.2) is 30.3 Å². The van der Waals surface area contributed by atoms with E-state index in [0.717, 1.165) is 12.8 Å². The molecule has 0 unspecified atom stereocenters. The normalized spacial score (nSPS) is 9.97. The first kappa shape index (κ1) is 29.8. The molecule has 29 heavy (non-hydrogen) atoms. The van der Waals surface area contributed by atoms with Gasteiger partial charge >= 0.3 is 5.97 Å². The fourth-order valence-electron chi connectivity index (χ4n) is 3.21. The van der Waals surface area contributed by atoms with Crippen molar-refractivity contribution in [2.75, 3.05) is 6.61 Å². The van der Waals surface area contributed by atoms with Gasteiger partial charge in [-0.1, -0.05) is 114 Å².